The molecular weight excluding hydrogens is 168 g/mol. The minimum atomic E-state index is -0.357. The van der Waals surface area contributed by atoms with E-state index in [0.29, 0.717) is 22.4 Å². The highest BCUT2D eigenvalue weighted by atomic mass is 16.2. The van der Waals surface area contributed by atoms with Crippen LogP contribution in [0.3, 0.4) is 0 Å². The Morgan fingerprint density at radius 1 is 1.23 bits per heavy atom. The van der Waals surface area contributed by atoms with Crippen molar-refractivity contribution >= 4 is 17.5 Å². The molecule has 2 amide bonds. The fourth-order valence-electron chi connectivity index (χ4n) is 1.44. The zero-order valence-corrected chi connectivity index (χ0v) is 7.05. The average Bonchev–Trinajstić information content (AvgIpc) is 2.35. The first-order valence-electron chi connectivity index (χ1n) is 3.86. The van der Waals surface area contributed by atoms with E-state index < -0.39 is 0 Å². The van der Waals surface area contributed by atoms with E-state index in [9.17, 15) is 9.59 Å². The average molecular weight is 176 g/mol. The van der Waals surface area contributed by atoms with Gasteiger partial charge in [-0.25, -0.2) is 0 Å². The quantitative estimate of drug-likeness (QED) is 0.445. The molecule has 3 N–H and O–H groups in total. The van der Waals surface area contributed by atoms with Gasteiger partial charge in [0.05, 0.1) is 11.1 Å². The van der Waals surface area contributed by atoms with E-state index >= 15 is 0 Å². The second kappa shape index (κ2) is 2.32. The molecule has 1 aromatic carbocycles. The molecule has 0 unspecified atom stereocenters. The van der Waals surface area contributed by atoms with Gasteiger partial charge in [0, 0.05) is 5.69 Å². The van der Waals surface area contributed by atoms with Crippen molar-refractivity contribution in [1.82, 2.24) is 5.32 Å². The van der Waals surface area contributed by atoms with Crippen molar-refractivity contribution in [2.24, 2.45) is 0 Å². The van der Waals surface area contributed by atoms with Crippen LogP contribution < -0.4 is 11.1 Å². The number of hydrogen-bond donors (Lipinski definition) is 2. The Balaban J connectivity index is 2.78. The molecule has 4 heteroatoms. The van der Waals surface area contributed by atoms with Crippen molar-refractivity contribution < 1.29 is 9.59 Å². The number of nitrogen functional groups attached to an aromatic ring is 1. The molecule has 0 saturated carbocycles. The minimum Gasteiger partial charge on any atom is -0.398 e. The van der Waals surface area contributed by atoms with Crippen LogP contribution in [0.2, 0.25) is 0 Å². The van der Waals surface area contributed by atoms with Gasteiger partial charge >= 0.3 is 0 Å². The van der Waals surface area contributed by atoms with Gasteiger partial charge in [0.15, 0.2) is 0 Å². The first kappa shape index (κ1) is 7.79. The molecule has 1 aliphatic heterocycles. The Morgan fingerprint density at radius 3 is 2.62 bits per heavy atom. The molecule has 0 aliphatic carbocycles. The van der Waals surface area contributed by atoms with E-state index in [1.807, 2.05) is 0 Å². The largest absolute Gasteiger partial charge is 0.398 e. The molecule has 13 heavy (non-hydrogen) atoms. The molecule has 1 aromatic rings. The molecule has 1 heterocycles. The normalized spacial score (nSPS) is 14.2. The minimum absolute atomic E-state index is 0.344. The monoisotopic (exact) mass is 176 g/mol. The van der Waals surface area contributed by atoms with Gasteiger partial charge in [-0.3, -0.25) is 14.9 Å². The molecule has 0 aromatic heterocycles. The van der Waals surface area contributed by atoms with Crippen molar-refractivity contribution in [1.29, 1.82) is 0 Å². The number of carbonyl (C=O) groups is 2. The Hall–Kier alpha value is -1.84. The van der Waals surface area contributed by atoms with Crippen molar-refractivity contribution in [3.05, 3.63) is 28.8 Å². The van der Waals surface area contributed by atoms with Crippen molar-refractivity contribution in [3.8, 4) is 0 Å². The summed E-state index contributed by atoms with van der Waals surface area (Å²) in [5.41, 5.74) is 7.63. The Labute approximate surface area is 74.7 Å². The number of nitrogens with two attached hydrogens (primary N) is 1. The summed E-state index contributed by atoms with van der Waals surface area (Å²) in [4.78, 5) is 22.4. The second-order valence-electron chi connectivity index (χ2n) is 2.99. The summed E-state index contributed by atoms with van der Waals surface area (Å²) in [6.45, 7) is 1.73. The molecule has 0 fully saturated rings. The molecule has 0 bridgehead atoms. The van der Waals surface area contributed by atoms with Crippen LogP contribution in [0, 0.1) is 6.92 Å². The van der Waals surface area contributed by atoms with Gasteiger partial charge < -0.3 is 5.73 Å². The fraction of sp³-hybridized carbons (Fsp3) is 0.111. The first-order valence-corrected chi connectivity index (χ1v) is 3.86. The first-order chi connectivity index (χ1) is 6.11. The van der Waals surface area contributed by atoms with Crippen LogP contribution >= 0.6 is 0 Å². The summed E-state index contributed by atoms with van der Waals surface area (Å²) in [7, 11) is 0. The van der Waals surface area contributed by atoms with Crippen molar-refractivity contribution in [2.75, 3.05) is 5.73 Å². The Kier molecular flexibility index (Phi) is 1.39. The Bertz CT molecular complexity index is 424. The molecule has 4 nitrogen and oxygen atoms in total. The van der Waals surface area contributed by atoms with Crippen LogP contribution in [-0.4, -0.2) is 11.8 Å². The van der Waals surface area contributed by atoms with Crippen LogP contribution in [-0.2, 0) is 0 Å². The van der Waals surface area contributed by atoms with Gasteiger partial charge in [0.1, 0.15) is 0 Å². The highest BCUT2D eigenvalue weighted by Gasteiger charge is 2.28. The lowest BCUT2D eigenvalue weighted by molar-refractivity contribution is 0.0879. The van der Waals surface area contributed by atoms with E-state index in [0.717, 1.165) is 0 Å². The zero-order valence-electron chi connectivity index (χ0n) is 7.05. The van der Waals surface area contributed by atoms with Gasteiger partial charge in [-0.15, -0.1) is 0 Å². The summed E-state index contributed by atoms with van der Waals surface area (Å²) < 4.78 is 0. The standard InChI is InChI=1S/C9H8N2O2/c1-4-6(10)3-2-5-7(4)9(13)11-8(5)12/h2-3H,10H2,1H3,(H,11,12,13). The number of benzene rings is 1. The number of hydrogen-bond acceptors (Lipinski definition) is 3. The molecule has 0 atom stereocenters. The maximum atomic E-state index is 11.3. The van der Waals surface area contributed by atoms with Crippen LogP contribution in [0.15, 0.2) is 12.1 Å². The van der Waals surface area contributed by atoms with E-state index in [1.165, 1.54) is 0 Å². The fourth-order valence-corrected chi connectivity index (χ4v) is 1.44. The number of anilines is 1. The lowest BCUT2D eigenvalue weighted by Crippen LogP contribution is -2.20. The summed E-state index contributed by atoms with van der Waals surface area (Å²) in [5, 5.41) is 2.22. The van der Waals surface area contributed by atoms with Crippen LogP contribution in [0.25, 0.3) is 0 Å². The number of nitrogens with one attached hydrogen (secondary N) is 1. The van der Waals surface area contributed by atoms with E-state index in [4.69, 9.17) is 5.73 Å². The predicted octanol–water partition coefficient (Wildman–Crippen LogP) is 0.461. The van der Waals surface area contributed by atoms with Gasteiger partial charge in [-0.1, -0.05) is 0 Å². The highest BCUT2D eigenvalue weighted by Crippen LogP contribution is 2.23. The van der Waals surface area contributed by atoms with Gasteiger partial charge in [0.2, 0.25) is 0 Å². The maximum absolute atomic E-state index is 11.3. The summed E-state index contributed by atoms with van der Waals surface area (Å²) in [6.07, 6.45) is 0. The molecule has 0 radical (unpaired) electrons. The smallest absolute Gasteiger partial charge is 0.259 e. The lowest BCUT2D eigenvalue weighted by Gasteiger charge is -2.02. The third-order valence-corrected chi connectivity index (χ3v) is 2.21. The Morgan fingerprint density at radius 2 is 1.92 bits per heavy atom. The maximum Gasteiger partial charge on any atom is 0.259 e. The van der Waals surface area contributed by atoms with Gasteiger partial charge in [-0.05, 0) is 24.6 Å². The molecule has 66 valence electrons. The topological polar surface area (TPSA) is 72.2 Å². The molecule has 1 aliphatic rings. The third kappa shape index (κ3) is 0.917. The number of carbonyl (C=O) groups excluding carboxylic acids is 2. The number of imide groups is 1. The molecule has 0 spiro atoms. The van der Waals surface area contributed by atoms with E-state index in [1.54, 1.807) is 19.1 Å². The SMILES string of the molecule is Cc1c(N)ccc2c1C(=O)NC2=O. The predicted molar refractivity (Wildman–Crippen MR) is 47.4 cm³/mol. The summed E-state index contributed by atoms with van der Waals surface area (Å²) >= 11 is 0. The summed E-state index contributed by atoms with van der Waals surface area (Å²) in [5.74, 6) is -0.701. The van der Waals surface area contributed by atoms with E-state index in [-0.39, 0.29) is 11.8 Å². The summed E-state index contributed by atoms with van der Waals surface area (Å²) in [6, 6.07) is 3.20. The van der Waals surface area contributed by atoms with Gasteiger partial charge in [-0.2, -0.15) is 0 Å². The van der Waals surface area contributed by atoms with Crippen LogP contribution in [0.5, 0.6) is 0 Å². The van der Waals surface area contributed by atoms with Crippen LogP contribution in [0.4, 0.5) is 5.69 Å². The lowest BCUT2D eigenvalue weighted by atomic mass is 10.0. The van der Waals surface area contributed by atoms with Crippen molar-refractivity contribution in [3.63, 3.8) is 0 Å². The third-order valence-electron chi connectivity index (χ3n) is 2.21. The molecular formula is C9H8N2O2. The zero-order chi connectivity index (χ0) is 9.59. The molecule has 0 saturated heterocycles. The van der Waals surface area contributed by atoms with Crippen LogP contribution in [0.1, 0.15) is 26.3 Å². The molecule has 2 rings (SSSR count). The highest BCUT2D eigenvalue weighted by molar-refractivity contribution is 6.22. The van der Waals surface area contributed by atoms with E-state index in [2.05, 4.69) is 5.32 Å². The van der Waals surface area contributed by atoms with Gasteiger partial charge in [0.25, 0.3) is 11.8 Å². The van der Waals surface area contributed by atoms with Crippen molar-refractivity contribution in [2.45, 2.75) is 6.92 Å². The number of amides is 2. The number of fused-ring (bicyclic) bond motifs is 1. The second-order valence-corrected chi connectivity index (χ2v) is 2.99. The number of rotatable bonds is 0.